The molecule has 1 aliphatic rings. The van der Waals surface area contributed by atoms with Crippen LogP contribution in [0.25, 0.3) is 0 Å². The molecule has 1 aliphatic carbocycles. The average molecular weight is 314 g/mol. The fraction of sp³-hybridized carbons (Fsp3) is 0.176. The minimum atomic E-state index is -1.25. The number of carboxylic acid groups (broad SMARTS) is 2. The Morgan fingerprint density at radius 3 is 2.30 bits per heavy atom. The van der Waals surface area contributed by atoms with Crippen molar-refractivity contribution in [2.24, 2.45) is 0 Å². The molecule has 0 aliphatic heterocycles. The molecule has 1 aromatic carbocycles. The van der Waals surface area contributed by atoms with Crippen LogP contribution in [-0.4, -0.2) is 34.5 Å². The molecule has 1 atom stereocenters. The molecule has 0 amide bonds. The maximum Gasteiger partial charge on any atom is 0.335 e. The topological polar surface area (TPSA) is 93.1 Å². The zero-order chi connectivity index (χ0) is 16.9. The molecule has 0 fully saturated rings. The smallest absolute Gasteiger partial charge is 0.335 e. The number of allylic oxidation sites excluding steroid dienone is 2. The van der Waals surface area contributed by atoms with Crippen molar-refractivity contribution in [2.75, 3.05) is 6.61 Å². The van der Waals surface area contributed by atoms with Crippen LogP contribution >= 0.6 is 0 Å². The number of hydrogen-bond donors (Lipinski definition) is 2. The lowest BCUT2D eigenvalue weighted by Gasteiger charge is -2.31. The van der Waals surface area contributed by atoms with Gasteiger partial charge in [0.25, 0.3) is 0 Å². The predicted molar refractivity (Wildman–Crippen MR) is 81.4 cm³/mol. The minimum Gasteiger partial charge on any atom is -0.478 e. The summed E-state index contributed by atoms with van der Waals surface area (Å²) in [5, 5.41) is 18.2. The van der Waals surface area contributed by atoms with E-state index in [0.717, 1.165) is 6.07 Å². The Balaban J connectivity index is 2.38. The number of rotatable bonds is 6. The van der Waals surface area contributed by atoms with Crippen molar-refractivity contribution >= 4 is 11.9 Å². The van der Waals surface area contributed by atoms with Crippen molar-refractivity contribution in [2.45, 2.75) is 12.2 Å². The molecule has 1 aromatic rings. The fourth-order valence-electron chi connectivity index (χ4n) is 2.06. The van der Waals surface area contributed by atoms with Gasteiger partial charge in [0, 0.05) is 6.42 Å². The van der Waals surface area contributed by atoms with E-state index in [2.05, 4.69) is 5.92 Å². The van der Waals surface area contributed by atoms with E-state index < -0.39 is 17.7 Å². The van der Waals surface area contributed by atoms with E-state index in [1.165, 1.54) is 12.1 Å². The summed E-state index contributed by atoms with van der Waals surface area (Å²) < 4.78 is 11.3. The normalized spacial score (nSPS) is 19.1. The molecule has 6 heteroatoms. The number of hydrogen-bond acceptors (Lipinski definition) is 4. The third kappa shape index (κ3) is 3.99. The second-order valence-electron chi connectivity index (χ2n) is 4.75. The number of carboxylic acids is 2. The third-order valence-electron chi connectivity index (χ3n) is 3.09. The second kappa shape index (κ2) is 6.81. The van der Waals surface area contributed by atoms with Crippen molar-refractivity contribution in [3.63, 3.8) is 0 Å². The van der Waals surface area contributed by atoms with E-state index in [9.17, 15) is 9.59 Å². The molecule has 0 radical (unpaired) electrons. The van der Waals surface area contributed by atoms with Crippen LogP contribution in [0.3, 0.4) is 0 Å². The lowest BCUT2D eigenvalue weighted by molar-refractivity contribution is -0.134. The second-order valence-corrected chi connectivity index (χ2v) is 4.75. The molecule has 2 rings (SSSR count). The van der Waals surface area contributed by atoms with Gasteiger partial charge in [0.05, 0.1) is 11.1 Å². The maximum absolute atomic E-state index is 11.1. The lowest BCUT2D eigenvalue weighted by Crippen LogP contribution is -2.38. The highest BCUT2D eigenvalue weighted by molar-refractivity contribution is 5.94. The van der Waals surface area contributed by atoms with Gasteiger partial charge in [0.2, 0.25) is 5.79 Å². The van der Waals surface area contributed by atoms with Crippen molar-refractivity contribution in [3.05, 3.63) is 53.6 Å². The summed E-state index contributed by atoms with van der Waals surface area (Å²) in [6.45, 7) is -0.0113. The van der Waals surface area contributed by atoms with E-state index in [0.29, 0.717) is 6.42 Å². The molecule has 0 bridgehead atoms. The summed E-state index contributed by atoms with van der Waals surface area (Å²) in [6.07, 6.45) is 12.5. The first-order valence-corrected chi connectivity index (χ1v) is 6.68. The van der Waals surface area contributed by atoms with Crippen LogP contribution in [0.2, 0.25) is 0 Å². The van der Waals surface area contributed by atoms with E-state index in [1.807, 2.05) is 0 Å². The first-order valence-electron chi connectivity index (χ1n) is 6.68. The number of aromatic carboxylic acids is 2. The molecule has 0 saturated heterocycles. The summed E-state index contributed by atoms with van der Waals surface area (Å²) in [5.41, 5.74) is -0.385. The minimum absolute atomic E-state index is 0.0113. The van der Waals surface area contributed by atoms with Gasteiger partial charge in [0.1, 0.15) is 12.4 Å². The molecule has 6 nitrogen and oxygen atoms in total. The molecule has 1 unspecified atom stereocenters. The molecule has 118 valence electrons. The predicted octanol–water partition coefficient (Wildman–Crippen LogP) is 2.32. The van der Waals surface area contributed by atoms with Gasteiger partial charge in [-0.1, -0.05) is 24.1 Å². The van der Waals surface area contributed by atoms with Crippen LogP contribution in [-0.2, 0) is 4.74 Å². The van der Waals surface area contributed by atoms with Crippen molar-refractivity contribution in [3.8, 4) is 18.1 Å². The van der Waals surface area contributed by atoms with E-state index in [4.69, 9.17) is 26.1 Å². The zero-order valence-electron chi connectivity index (χ0n) is 12.1. The summed E-state index contributed by atoms with van der Waals surface area (Å²) in [5.74, 6) is -1.30. The van der Waals surface area contributed by atoms with Gasteiger partial charge in [-0.25, -0.2) is 9.59 Å². The van der Waals surface area contributed by atoms with Crippen molar-refractivity contribution in [1.82, 2.24) is 0 Å². The zero-order valence-corrected chi connectivity index (χ0v) is 12.1. The van der Waals surface area contributed by atoms with Gasteiger partial charge in [0.15, 0.2) is 0 Å². The molecule has 0 aromatic heterocycles. The number of ether oxygens (including phenoxy) is 2. The number of carbonyl (C=O) groups is 2. The van der Waals surface area contributed by atoms with Crippen LogP contribution in [0.1, 0.15) is 27.1 Å². The first kappa shape index (κ1) is 16.3. The SMILES string of the molecule is C#CCOC1(Oc2cc(C(=O)O)cc(C(=O)O)c2)C=CC=CC1. The quantitative estimate of drug-likeness (QED) is 0.618. The maximum atomic E-state index is 11.1. The highest BCUT2D eigenvalue weighted by Gasteiger charge is 2.31. The van der Waals surface area contributed by atoms with E-state index in [1.54, 1.807) is 24.3 Å². The standard InChI is InChI=1S/C17H14O6/c1-2-8-22-17(6-4-3-5-7-17)23-14-10-12(15(18)19)9-13(11-14)16(20)21/h1,3-6,9-11H,7-8H2,(H,18,19)(H,20,21). The highest BCUT2D eigenvalue weighted by Crippen LogP contribution is 2.29. The summed E-state index contributed by atoms with van der Waals surface area (Å²) in [6, 6.07) is 3.53. The highest BCUT2D eigenvalue weighted by atomic mass is 16.7. The number of terminal acetylenes is 1. The van der Waals surface area contributed by atoms with Gasteiger partial charge in [-0.05, 0) is 24.3 Å². The van der Waals surface area contributed by atoms with E-state index in [-0.39, 0.29) is 23.5 Å². The summed E-state index contributed by atoms with van der Waals surface area (Å²) in [7, 11) is 0. The Morgan fingerprint density at radius 1 is 1.17 bits per heavy atom. The van der Waals surface area contributed by atoms with Gasteiger partial charge in [-0.2, -0.15) is 0 Å². The van der Waals surface area contributed by atoms with Crippen LogP contribution in [0.5, 0.6) is 5.75 Å². The van der Waals surface area contributed by atoms with Gasteiger partial charge < -0.3 is 19.7 Å². The molecular formula is C17H14O6. The molecule has 0 saturated carbocycles. The molecule has 2 N–H and O–H groups in total. The monoisotopic (exact) mass is 314 g/mol. The van der Waals surface area contributed by atoms with Gasteiger partial charge >= 0.3 is 11.9 Å². The Hall–Kier alpha value is -3.04. The van der Waals surface area contributed by atoms with E-state index >= 15 is 0 Å². The third-order valence-corrected chi connectivity index (χ3v) is 3.09. The average Bonchev–Trinajstić information content (AvgIpc) is 2.53. The molecular weight excluding hydrogens is 300 g/mol. The van der Waals surface area contributed by atoms with Crippen molar-refractivity contribution in [1.29, 1.82) is 0 Å². The van der Waals surface area contributed by atoms with Gasteiger partial charge in [-0.15, -0.1) is 6.42 Å². The largest absolute Gasteiger partial charge is 0.478 e. The van der Waals surface area contributed by atoms with Crippen LogP contribution in [0, 0.1) is 12.3 Å². The fourth-order valence-corrected chi connectivity index (χ4v) is 2.06. The molecule has 0 heterocycles. The van der Waals surface area contributed by atoms with Crippen LogP contribution < -0.4 is 4.74 Å². The van der Waals surface area contributed by atoms with Crippen LogP contribution in [0.4, 0.5) is 0 Å². The molecule has 23 heavy (non-hydrogen) atoms. The Morgan fingerprint density at radius 2 is 1.83 bits per heavy atom. The van der Waals surface area contributed by atoms with Crippen LogP contribution in [0.15, 0.2) is 42.5 Å². The Bertz CT molecular complexity index is 693. The first-order chi connectivity index (χ1) is 11.0. The van der Waals surface area contributed by atoms with Gasteiger partial charge in [-0.3, -0.25) is 0 Å². The van der Waals surface area contributed by atoms with Crippen molar-refractivity contribution < 1.29 is 29.3 Å². The summed E-state index contributed by atoms with van der Waals surface area (Å²) in [4.78, 5) is 22.3. The number of benzene rings is 1. The Kier molecular flexibility index (Phi) is 4.84. The molecule has 0 spiro atoms. The lowest BCUT2D eigenvalue weighted by atomic mass is 10.1. The Labute approximate surface area is 132 Å². The summed E-state index contributed by atoms with van der Waals surface area (Å²) >= 11 is 0.